The number of piperidine rings is 4. The lowest BCUT2D eigenvalue weighted by Gasteiger charge is -2.38. The predicted octanol–water partition coefficient (Wildman–Crippen LogP) is 4.03. The van der Waals surface area contributed by atoms with Gasteiger partial charge < -0.3 is 19.6 Å². The third-order valence-corrected chi connectivity index (χ3v) is 7.38. The lowest BCUT2D eigenvalue weighted by molar-refractivity contribution is 0.255. The molecule has 0 bridgehead atoms. The maximum atomic E-state index is 5.16. The molecule has 0 aliphatic carbocycles. The van der Waals surface area contributed by atoms with Gasteiger partial charge in [0.1, 0.15) is 0 Å². The predicted molar refractivity (Wildman–Crippen MR) is 131 cm³/mol. The Labute approximate surface area is 190 Å². The van der Waals surface area contributed by atoms with Crippen LogP contribution in [0, 0.1) is 0 Å². The van der Waals surface area contributed by atoms with Gasteiger partial charge in [0.15, 0.2) is 11.9 Å². The number of likely N-dealkylation sites (tertiary alicyclic amines) is 4. The molecule has 0 saturated carbocycles. The fourth-order valence-electron chi connectivity index (χ4n) is 5.60. The highest BCUT2D eigenvalue weighted by Gasteiger charge is 2.23. The van der Waals surface area contributed by atoms with Crippen LogP contribution < -0.4 is 0 Å². The van der Waals surface area contributed by atoms with E-state index >= 15 is 0 Å². The molecular formula is C25H46N6. The molecule has 4 heterocycles. The zero-order chi connectivity index (χ0) is 21.1. The molecule has 31 heavy (non-hydrogen) atoms. The average molecular weight is 431 g/mol. The van der Waals surface area contributed by atoms with Crippen molar-refractivity contribution in [3.05, 3.63) is 0 Å². The summed E-state index contributed by atoms with van der Waals surface area (Å²) in [5.74, 6) is 2.60. The Morgan fingerprint density at radius 3 is 0.903 bits per heavy atom. The SMILES string of the molecule is C1CCN(C(=NCCCN=C(N2CCCCC2)N2CCCCC2)N2CCCCC2)CC1. The first kappa shape index (κ1) is 22.7. The van der Waals surface area contributed by atoms with E-state index in [2.05, 4.69) is 19.6 Å². The fourth-order valence-corrected chi connectivity index (χ4v) is 5.60. The molecule has 0 N–H and O–H groups in total. The normalized spacial score (nSPS) is 23.0. The summed E-state index contributed by atoms with van der Waals surface area (Å²) in [6, 6.07) is 0. The van der Waals surface area contributed by atoms with Crippen LogP contribution in [0.25, 0.3) is 0 Å². The van der Waals surface area contributed by atoms with Crippen LogP contribution in [0.5, 0.6) is 0 Å². The zero-order valence-corrected chi connectivity index (χ0v) is 19.9. The van der Waals surface area contributed by atoms with Crippen LogP contribution in [0.1, 0.15) is 83.5 Å². The first-order valence-corrected chi connectivity index (χ1v) is 13.5. The summed E-state index contributed by atoms with van der Waals surface area (Å²) in [5.41, 5.74) is 0. The highest BCUT2D eigenvalue weighted by atomic mass is 15.4. The average Bonchev–Trinajstić information content (AvgIpc) is 2.86. The van der Waals surface area contributed by atoms with Gasteiger partial charge in [-0.05, 0) is 83.5 Å². The van der Waals surface area contributed by atoms with Gasteiger partial charge in [0.05, 0.1) is 0 Å². The number of rotatable bonds is 4. The standard InChI is InChI=1S/C25H46N6/c1-5-16-28(17-6-1)24(29-18-7-2-8-19-29)26-14-13-15-27-25(30-20-9-3-10-21-30)31-22-11-4-12-23-31/h1-23H2. The van der Waals surface area contributed by atoms with Gasteiger partial charge in [-0.1, -0.05) is 0 Å². The quantitative estimate of drug-likeness (QED) is 0.383. The molecule has 0 atom stereocenters. The maximum absolute atomic E-state index is 5.16. The van der Waals surface area contributed by atoms with Crippen LogP contribution in [0.2, 0.25) is 0 Å². The van der Waals surface area contributed by atoms with E-state index in [1.165, 1.54) is 141 Å². The van der Waals surface area contributed by atoms with Gasteiger partial charge in [-0.25, -0.2) is 0 Å². The zero-order valence-electron chi connectivity index (χ0n) is 19.9. The molecule has 176 valence electrons. The van der Waals surface area contributed by atoms with Crippen LogP contribution in [0.15, 0.2) is 9.98 Å². The third kappa shape index (κ3) is 6.76. The Kier molecular flexibility index (Phi) is 9.20. The summed E-state index contributed by atoms with van der Waals surface area (Å²) in [6.07, 6.45) is 17.2. The molecule has 6 heteroatoms. The van der Waals surface area contributed by atoms with Crippen LogP contribution >= 0.6 is 0 Å². The monoisotopic (exact) mass is 430 g/mol. The summed E-state index contributed by atoms with van der Waals surface area (Å²) >= 11 is 0. The van der Waals surface area contributed by atoms with Crippen molar-refractivity contribution in [3.63, 3.8) is 0 Å². The summed E-state index contributed by atoms with van der Waals surface area (Å²) in [5, 5.41) is 0. The number of nitrogens with zero attached hydrogens (tertiary/aromatic N) is 6. The van der Waals surface area contributed by atoms with Crippen molar-refractivity contribution in [1.29, 1.82) is 0 Å². The van der Waals surface area contributed by atoms with Crippen molar-refractivity contribution in [3.8, 4) is 0 Å². The number of hydrogen-bond acceptors (Lipinski definition) is 2. The Morgan fingerprint density at radius 1 is 0.387 bits per heavy atom. The minimum atomic E-state index is 0.916. The Morgan fingerprint density at radius 2 is 0.645 bits per heavy atom. The van der Waals surface area contributed by atoms with Crippen molar-refractivity contribution in [1.82, 2.24) is 19.6 Å². The van der Waals surface area contributed by atoms with Gasteiger partial charge in [-0.2, -0.15) is 0 Å². The Balaban J connectivity index is 1.34. The van der Waals surface area contributed by atoms with E-state index in [0.717, 1.165) is 19.5 Å². The fraction of sp³-hybridized carbons (Fsp3) is 0.920. The molecular weight excluding hydrogens is 384 g/mol. The van der Waals surface area contributed by atoms with Crippen molar-refractivity contribution >= 4 is 11.9 Å². The number of hydrogen-bond donors (Lipinski definition) is 0. The van der Waals surface area contributed by atoms with E-state index in [9.17, 15) is 0 Å². The highest BCUT2D eigenvalue weighted by molar-refractivity contribution is 5.81. The second-order valence-electron chi connectivity index (χ2n) is 9.91. The first-order chi connectivity index (χ1) is 15.4. The van der Waals surface area contributed by atoms with E-state index in [1.807, 2.05) is 0 Å². The van der Waals surface area contributed by atoms with Crippen LogP contribution in [0.3, 0.4) is 0 Å². The molecule has 6 nitrogen and oxygen atoms in total. The van der Waals surface area contributed by atoms with Gasteiger partial charge in [-0.3, -0.25) is 9.98 Å². The van der Waals surface area contributed by atoms with E-state index in [0.29, 0.717) is 0 Å². The topological polar surface area (TPSA) is 37.7 Å². The Hall–Kier alpha value is -1.46. The third-order valence-electron chi connectivity index (χ3n) is 7.38. The molecule has 0 aromatic rings. The van der Waals surface area contributed by atoms with Gasteiger partial charge in [0.25, 0.3) is 0 Å². The van der Waals surface area contributed by atoms with Crippen molar-refractivity contribution in [2.75, 3.05) is 65.4 Å². The molecule has 4 fully saturated rings. The van der Waals surface area contributed by atoms with Gasteiger partial charge in [-0.15, -0.1) is 0 Å². The number of aliphatic imine (C=N–C) groups is 2. The van der Waals surface area contributed by atoms with E-state index in [-0.39, 0.29) is 0 Å². The van der Waals surface area contributed by atoms with Crippen molar-refractivity contribution < 1.29 is 0 Å². The smallest absolute Gasteiger partial charge is 0.196 e. The second-order valence-corrected chi connectivity index (χ2v) is 9.91. The summed E-state index contributed by atoms with van der Waals surface area (Å²) in [4.78, 5) is 20.6. The molecule has 0 spiro atoms. The minimum absolute atomic E-state index is 0.916. The van der Waals surface area contributed by atoms with Crippen LogP contribution in [0.4, 0.5) is 0 Å². The number of guanidine groups is 2. The molecule has 0 unspecified atom stereocenters. The molecule has 4 rings (SSSR count). The molecule has 0 radical (unpaired) electrons. The Bertz CT molecular complexity index is 475. The summed E-state index contributed by atoms with van der Waals surface area (Å²) in [6.45, 7) is 11.4. The van der Waals surface area contributed by atoms with Crippen LogP contribution in [-0.4, -0.2) is 97.0 Å². The van der Waals surface area contributed by atoms with Gasteiger partial charge in [0.2, 0.25) is 0 Å². The second kappa shape index (κ2) is 12.5. The molecule has 4 aliphatic heterocycles. The van der Waals surface area contributed by atoms with Crippen molar-refractivity contribution in [2.45, 2.75) is 83.5 Å². The van der Waals surface area contributed by atoms with E-state index < -0.39 is 0 Å². The first-order valence-electron chi connectivity index (χ1n) is 13.5. The van der Waals surface area contributed by atoms with Crippen molar-refractivity contribution in [2.24, 2.45) is 9.98 Å². The molecule has 4 saturated heterocycles. The minimum Gasteiger partial charge on any atom is -0.343 e. The molecule has 0 amide bonds. The molecule has 0 aromatic heterocycles. The maximum Gasteiger partial charge on any atom is 0.196 e. The van der Waals surface area contributed by atoms with E-state index in [1.54, 1.807) is 0 Å². The van der Waals surface area contributed by atoms with Crippen LogP contribution in [-0.2, 0) is 0 Å². The van der Waals surface area contributed by atoms with Gasteiger partial charge in [0, 0.05) is 65.4 Å². The molecule has 0 aromatic carbocycles. The summed E-state index contributed by atoms with van der Waals surface area (Å²) in [7, 11) is 0. The lowest BCUT2D eigenvalue weighted by atomic mass is 10.1. The highest BCUT2D eigenvalue weighted by Crippen LogP contribution is 2.17. The summed E-state index contributed by atoms with van der Waals surface area (Å²) < 4.78 is 0. The molecule has 4 aliphatic rings. The van der Waals surface area contributed by atoms with E-state index in [4.69, 9.17) is 9.98 Å². The van der Waals surface area contributed by atoms with Gasteiger partial charge >= 0.3 is 0 Å². The lowest BCUT2D eigenvalue weighted by Crippen LogP contribution is -2.48. The largest absolute Gasteiger partial charge is 0.343 e.